The van der Waals surface area contributed by atoms with Crippen LogP contribution in [0.2, 0.25) is 0 Å². The van der Waals surface area contributed by atoms with Crippen LogP contribution >= 0.6 is 0 Å². The number of likely N-dealkylation sites (tertiary alicyclic amines) is 1. The van der Waals surface area contributed by atoms with E-state index in [1.54, 1.807) is 0 Å². The highest BCUT2D eigenvalue weighted by molar-refractivity contribution is 5.80. The molecular formula is C15H18FN3O. The summed E-state index contributed by atoms with van der Waals surface area (Å²) >= 11 is 0. The van der Waals surface area contributed by atoms with Crippen LogP contribution in [0.5, 0.6) is 0 Å². The minimum Gasteiger partial charge on any atom is -0.368 e. The molecule has 1 unspecified atom stereocenters. The number of hydrogen-bond donors (Lipinski definition) is 2. The molecule has 1 aromatic rings. The van der Waals surface area contributed by atoms with Gasteiger partial charge in [-0.25, -0.2) is 4.39 Å². The Morgan fingerprint density at radius 1 is 1.45 bits per heavy atom. The summed E-state index contributed by atoms with van der Waals surface area (Å²) in [5.41, 5.74) is 12.1. The SMILES string of the molecule is NCC#Cc1cc(F)cc(CN2CCCC2C(N)=O)c1. The van der Waals surface area contributed by atoms with Gasteiger partial charge in [0.05, 0.1) is 12.6 Å². The van der Waals surface area contributed by atoms with E-state index in [9.17, 15) is 9.18 Å². The van der Waals surface area contributed by atoms with Gasteiger partial charge in [0.25, 0.3) is 0 Å². The number of carbonyl (C=O) groups is 1. The molecule has 5 heteroatoms. The second kappa shape index (κ2) is 6.51. The van der Waals surface area contributed by atoms with Crippen molar-refractivity contribution in [3.8, 4) is 11.8 Å². The predicted octanol–water partition coefficient (Wildman–Crippen LogP) is 0.586. The van der Waals surface area contributed by atoms with Crippen LogP contribution in [0, 0.1) is 17.7 Å². The van der Waals surface area contributed by atoms with E-state index in [4.69, 9.17) is 11.5 Å². The first-order valence-electron chi connectivity index (χ1n) is 6.62. The Kier molecular flexibility index (Phi) is 4.72. The Labute approximate surface area is 117 Å². The van der Waals surface area contributed by atoms with Gasteiger partial charge in [0.15, 0.2) is 0 Å². The number of nitrogens with zero attached hydrogens (tertiary/aromatic N) is 1. The molecule has 20 heavy (non-hydrogen) atoms. The largest absolute Gasteiger partial charge is 0.368 e. The number of primary amides is 1. The fourth-order valence-electron chi connectivity index (χ4n) is 2.54. The van der Waals surface area contributed by atoms with Crippen molar-refractivity contribution >= 4 is 5.91 Å². The van der Waals surface area contributed by atoms with E-state index in [2.05, 4.69) is 11.8 Å². The van der Waals surface area contributed by atoms with Gasteiger partial charge in [-0.2, -0.15) is 0 Å². The van der Waals surface area contributed by atoms with Crippen LogP contribution in [-0.4, -0.2) is 29.9 Å². The van der Waals surface area contributed by atoms with Crippen LogP contribution in [0.15, 0.2) is 18.2 Å². The maximum atomic E-state index is 13.6. The quantitative estimate of drug-likeness (QED) is 0.793. The molecule has 0 spiro atoms. The minimum atomic E-state index is -0.335. The smallest absolute Gasteiger partial charge is 0.234 e. The molecule has 4 N–H and O–H groups in total. The van der Waals surface area contributed by atoms with Gasteiger partial charge in [-0.15, -0.1) is 0 Å². The Bertz CT molecular complexity index is 562. The fourth-order valence-corrected chi connectivity index (χ4v) is 2.54. The van der Waals surface area contributed by atoms with Crippen molar-refractivity contribution in [3.05, 3.63) is 35.1 Å². The molecule has 0 aromatic heterocycles. The third kappa shape index (κ3) is 3.56. The molecule has 4 nitrogen and oxygen atoms in total. The normalized spacial score (nSPS) is 18.6. The lowest BCUT2D eigenvalue weighted by Gasteiger charge is -2.21. The second-order valence-corrected chi connectivity index (χ2v) is 4.88. The van der Waals surface area contributed by atoms with E-state index < -0.39 is 0 Å². The molecule has 0 bridgehead atoms. The third-order valence-corrected chi connectivity index (χ3v) is 3.37. The topological polar surface area (TPSA) is 72.3 Å². The van der Waals surface area contributed by atoms with Crippen LogP contribution in [0.4, 0.5) is 4.39 Å². The standard InChI is InChI=1S/C15H18FN3O/c16-13-8-11(3-1-5-17)7-12(9-13)10-19-6-2-4-14(19)15(18)20/h7-9,14H,2,4-6,10,17H2,(H2,18,20). The summed E-state index contributed by atoms with van der Waals surface area (Å²) in [6.45, 7) is 1.54. The van der Waals surface area contributed by atoms with Crippen molar-refractivity contribution in [2.75, 3.05) is 13.1 Å². The number of amides is 1. The van der Waals surface area contributed by atoms with E-state index in [-0.39, 0.29) is 24.3 Å². The average Bonchev–Trinajstić information content (AvgIpc) is 2.84. The van der Waals surface area contributed by atoms with Gasteiger partial charge < -0.3 is 11.5 Å². The lowest BCUT2D eigenvalue weighted by molar-refractivity contribution is -0.122. The predicted molar refractivity (Wildman–Crippen MR) is 75.0 cm³/mol. The maximum absolute atomic E-state index is 13.6. The van der Waals surface area contributed by atoms with Crippen LogP contribution in [0.1, 0.15) is 24.0 Å². The molecule has 1 amide bonds. The maximum Gasteiger partial charge on any atom is 0.234 e. The van der Waals surface area contributed by atoms with Gasteiger partial charge in [0.2, 0.25) is 5.91 Å². The Hall–Kier alpha value is -1.90. The summed E-state index contributed by atoms with van der Waals surface area (Å²) in [5, 5.41) is 0. The fraction of sp³-hybridized carbons (Fsp3) is 0.400. The Balaban J connectivity index is 2.16. The van der Waals surface area contributed by atoms with Gasteiger partial charge in [-0.1, -0.05) is 11.8 Å². The number of carbonyl (C=O) groups excluding carboxylic acids is 1. The zero-order valence-corrected chi connectivity index (χ0v) is 11.2. The molecule has 1 aromatic carbocycles. The summed E-state index contributed by atoms with van der Waals surface area (Å²) in [4.78, 5) is 13.3. The number of rotatable bonds is 3. The molecule has 0 aliphatic carbocycles. The van der Waals surface area contributed by atoms with E-state index in [1.165, 1.54) is 12.1 Å². The molecule has 1 saturated heterocycles. The average molecular weight is 275 g/mol. The molecule has 1 fully saturated rings. The van der Waals surface area contributed by atoms with Crippen LogP contribution in [0.3, 0.4) is 0 Å². The van der Waals surface area contributed by atoms with Crippen molar-refractivity contribution in [1.82, 2.24) is 4.90 Å². The van der Waals surface area contributed by atoms with Crippen molar-refractivity contribution in [1.29, 1.82) is 0 Å². The number of halogens is 1. The van der Waals surface area contributed by atoms with Crippen LogP contribution in [0.25, 0.3) is 0 Å². The summed E-state index contributed by atoms with van der Waals surface area (Å²) in [7, 11) is 0. The molecule has 1 heterocycles. The van der Waals surface area contributed by atoms with E-state index in [1.807, 2.05) is 11.0 Å². The lowest BCUT2D eigenvalue weighted by Crippen LogP contribution is -2.39. The van der Waals surface area contributed by atoms with E-state index >= 15 is 0 Å². The van der Waals surface area contributed by atoms with Crippen molar-refractivity contribution in [2.45, 2.75) is 25.4 Å². The zero-order chi connectivity index (χ0) is 14.5. The summed E-state index contributed by atoms with van der Waals surface area (Å²) in [6, 6.07) is 4.41. The molecule has 1 atom stereocenters. The Morgan fingerprint density at radius 2 is 2.25 bits per heavy atom. The van der Waals surface area contributed by atoms with Crippen molar-refractivity contribution in [3.63, 3.8) is 0 Å². The van der Waals surface area contributed by atoms with Crippen molar-refractivity contribution in [2.24, 2.45) is 11.5 Å². The number of benzene rings is 1. The van der Waals surface area contributed by atoms with Gasteiger partial charge in [-0.3, -0.25) is 9.69 Å². The molecule has 0 saturated carbocycles. The minimum absolute atomic E-state index is 0.238. The van der Waals surface area contributed by atoms with Crippen LogP contribution < -0.4 is 11.5 Å². The Morgan fingerprint density at radius 3 is 2.95 bits per heavy atom. The number of nitrogens with two attached hydrogens (primary N) is 2. The van der Waals surface area contributed by atoms with Gasteiger partial charge in [0, 0.05) is 12.1 Å². The van der Waals surface area contributed by atoms with E-state index in [0.717, 1.165) is 24.9 Å². The molecule has 0 radical (unpaired) electrons. The first kappa shape index (κ1) is 14.5. The first-order chi connectivity index (χ1) is 9.60. The van der Waals surface area contributed by atoms with Crippen molar-refractivity contribution < 1.29 is 9.18 Å². The van der Waals surface area contributed by atoms with Gasteiger partial charge >= 0.3 is 0 Å². The molecule has 2 rings (SSSR count). The van der Waals surface area contributed by atoms with Crippen LogP contribution in [-0.2, 0) is 11.3 Å². The zero-order valence-electron chi connectivity index (χ0n) is 11.2. The second-order valence-electron chi connectivity index (χ2n) is 4.88. The highest BCUT2D eigenvalue weighted by Crippen LogP contribution is 2.20. The summed E-state index contributed by atoms with van der Waals surface area (Å²) < 4.78 is 13.6. The van der Waals surface area contributed by atoms with Gasteiger partial charge in [0.1, 0.15) is 5.82 Å². The molecular weight excluding hydrogens is 257 g/mol. The third-order valence-electron chi connectivity index (χ3n) is 3.37. The molecule has 1 aliphatic heterocycles. The highest BCUT2D eigenvalue weighted by atomic mass is 19.1. The summed E-state index contributed by atoms with van der Waals surface area (Å²) in [5.74, 6) is 4.87. The monoisotopic (exact) mass is 275 g/mol. The highest BCUT2D eigenvalue weighted by Gasteiger charge is 2.28. The summed E-state index contributed by atoms with van der Waals surface area (Å²) in [6.07, 6.45) is 1.70. The molecule has 1 aliphatic rings. The lowest BCUT2D eigenvalue weighted by atomic mass is 10.1. The molecule has 106 valence electrons. The first-order valence-corrected chi connectivity index (χ1v) is 6.62. The number of hydrogen-bond acceptors (Lipinski definition) is 3. The van der Waals surface area contributed by atoms with Gasteiger partial charge in [-0.05, 0) is 43.1 Å². The van der Waals surface area contributed by atoms with E-state index in [0.29, 0.717) is 12.1 Å².